The number of urea groups is 1. The molecule has 0 aliphatic rings. The summed E-state index contributed by atoms with van der Waals surface area (Å²) in [5, 5.41) is 10.9. The second-order valence-corrected chi connectivity index (χ2v) is 5.36. The van der Waals surface area contributed by atoms with Crippen LogP contribution in [-0.4, -0.2) is 54.1 Å². The molecule has 0 aromatic heterocycles. The fraction of sp³-hybridized carbons (Fsp3) is 0.692. The third-order valence-corrected chi connectivity index (χ3v) is 2.73. The lowest BCUT2D eigenvalue weighted by atomic mass is 9.85. The Bertz CT molecular complexity index is 419. The third kappa shape index (κ3) is 7.91. The average molecular weight is 302 g/mol. The summed E-state index contributed by atoms with van der Waals surface area (Å²) in [5.41, 5.74) is -0.768. The average Bonchev–Trinajstić information content (AvgIpc) is 2.32. The lowest BCUT2D eigenvalue weighted by Gasteiger charge is -2.23. The molecule has 0 fully saturated rings. The zero-order chi connectivity index (χ0) is 16.6. The second-order valence-electron chi connectivity index (χ2n) is 5.36. The highest BCUT2D eigenvalue weighted by molar-refractivity contribution is 5.95. The van der Waals surface area contributed by atoms with E-state index >= 15 is 0 Å². The smallest absolute Gasteiger partial charge is 0.325 e. The minimum atomic E-state index is -1.01. The number of aliphatic carboxylic acids is 1. The predicted molar refractivity (Wildman–Crippen MR) is 73.5 cm³/mol. The van der Waals surface area contributed by atoms with Gasteiger partial charge in [-0.2, -0.15) is 0 Å². The molecule has 0 rings (SSSR count). The maximum Gasteiger partial charge on any atom is 0.325 e. The standard InChI is InChI=1S/C13H22N2O6/c1-5-15(8-11(19)21-4)12(20)14-9(16)6-13(2,3)7-10(17)18/h5-8H2,1-4H3,(H,17,18)(H,14,16,20). The van der Waals surface area contributed by atoms with E-state index in [0.717, 1.165) is 4.90 Å². The molecule has 3 amide bonds. The number of nitrogens with zero attached hydrogens (tertiary/aromatic N) is 1. The van der Waals surface area contributed by atoms with Crippen molar-refractivity contribution in [2.45, 2.75) is 33.6 Å². The molecule has 0 saturated carbocycles. The topological polar surface area (TPSA) is 113 Å². The van der Waals surface area contributed by atoms with E-state index < -0.39 is 29.3 Å². The summed E-state index contributed by atoms with van der Waals surface area (Å²) >= 11 is 0. The molecule has 0 radical (unpaired) electrons. The molecule has 0 heterocycles. The first kappa shape index (κ1) is 18.9. The molecule has 21 heavy (non-hydrogen) atoms. The maximum absolute atomic E-state index is 11.8. The van der Waals surface area contributed by atoms with Crippen molar-refractivity contribution in [3.8, 4) is 0 Å². The van der Waals surface area contributed by atoms with E-state index in [0.29, 0.717) is 0 Å². The first-order valence-electron chi connectivity index (χ1n) is 6.48. The van der Waals surface area contributed by atoms with Crippen molar-refractivity contribution in [3.05, 3.63) is 0 Å². The Kier molecular flexibility index (Phi) is 7.40. The van der Waals surface area contributed by atoms with Crippen molar-refractivity contribution in [2.24, 2.45) is 5.41 Å². The van der Waals surface area contributed by atoms with Crippen LogP contribution in [0.25, 0.3) is 0 Å². The number of esters is 1. The largest absolute Gasteiger partial charge is 0.481 e. The van der Waals surface area contributed by atoms with Crippen LogP contribution in [0.15, 0.2) is 0 Å². The Morgan fingerprint density at radius 3 is 2.19 bits per heavy atom. The lowest BCUT2D eigenvalue weighted by Crippen LogP contribution is -2.46. The normalized spacial score (nSPS) is 10.7. The van der Waals surface area contributed by atoms with Crippen LogP contribution in [0.3, 0.4) is 0 Å². The molecule has 0 aliphatic carbocycles. The number of hydrogen-bond acceptors (Lipinski definition) is 5. The molecule has 0 spiro atoms. The Labute approximate surface area is 123 Å². The van der Waals surface area contributed by atoms with Crippen molar-refractivity contribution in [3.63, 3.8) is 0 Å². The van der Waals surface area contributed by atoms with Crippen LogP contribution in [0.4, 0.5) is 4.79 Å². The van der Waals surface area contributed by atoms with Gasteiger partial charge in [-0.1, -0.05) is 13.8 Å². The van der Waals surface area contributed by atoms with Gasteiger partial charge in [0.15, 0.2) is 0 Å². The van der Waals surface area contributed by atoms with Gasteiger partial charge in [0.25, 0.3) is 0 Å². The number of carboxylic acid groups (broad SMARTS) is 1. The van der Waals surface area contributed by atoms with Crippen LogP contribution in [0.5, 0.6) is 0 Å². The second kappa shape index (κ2) is 8.23. The molecular formula is C13H22N2O6. The van der Waals surface area contributed by atoms with Gasteiger partial charge in [0.05, 0.1) is 13.5 Å². The molecular weight excluding hydrogens is 280 g/mol. The highest BCUT2D eigenvalue weighted by Gasteiger charge is 2.27. The van der Waals surface area contributed by atoms with Crippen LogP contribution in [0.2, 0.25) is 0 Å². The summed E-state index contributed by atoms with van der Waals surface area (Å²) in [6.07, 6.45) is -0.297. The zero-order valence-corrected chi connectivity index (χ0v) is 12.8. The number of methoxy groups -OCH3 is 1. The number of carbonyl (C=O) groups is 4. The van der Waals surface area contributed by atoms with E-state index in [9.17, 15) is 19.2 Å². The molecule has 8 nitrogen and oxygen atoms in total. The van der Waals surface area contributed by atoms with Gasteiger partial charge in [0, 0.05) is 13.0 Å². The van der Waals surface area contributed by atoms with Crippen molar-refractivity contribution in [2.75, 3.05) is 20.2 Å². The summed E-state index contributed by atoms with van der Waals surface area (Å²) in [6, 6.07) is -0.709. The van der Waals surface area contributed by atoms with Gasteiger partial charge < -0.3 is 14.7 Å². The van der Waals surface area contributed by atoms with Crippen LogP contribution in [-0.2, 0) is 19.1 Å². The Morgan fingerprint density at radius 1 is 1.19 bits per heavy atom. The summed E-state index contributed by atoms with van der Waals surface area (Å²) in [6.45, 7) is 4.87. The van der Waals surface area contributed by atoms with Crippen LogP contribution in [0.1, 0.15) is 33.6 Å². The van der Waals surface area contributed by atoms with Crippen molar-refractivity contribution in [1.82, 2.24) is 10.2 Å². The predicted octanol–water partition coefficient (Wildman–Crippen LogP) is 0.608. The molecule has 0 atom stereocenters. The first-order valence-corrected chi connectivity index (χ1v) is 6.48. The Hall–Kier alpha value is -2.12. The van der Waals surface area contributed by atoms with Crippen molar-refractivity contribution >= 4 is 23.9 Å². The van der Waals surface area contributed by atoms with Crippen LogP contribution in [0, 0.1) is 5.41 Å². The van der Waals surface area contributed by atoms with Gasteiger partial charge >= 0.3 is 18.0 Å². The van der Waals surface area contributed by atoms with Gasteiger partial charge in [0.1, 0.15) is 6.54 Å². The van der Waals surface area contributed by atoms with Crippen molar-refractivity contribution in [1.29, 1.82) is 0 Å². The van der Waals surface area contributed by atoms with Gasteiger partial charge in [-0.15, -0.1) is 0 Å². The summed E-state index contributed by atoms with van der Waals surface area (Å²) in [4.78, 5) is 46.5. The highest BCUT2D eigenvalue weighted by Crippen LogP contribution is 2.24. The Balaban J connectivity index is 4.51. The molecule has 0 saturated heterocycles. The van der Waals surface area contributed by atoms with E-state index in [2.05, 4.69) is 10.1 Å². The van der Waals surface area contributed by atoms with Crippen LogP contribution >= 0.6 is 0 Å². The molecule has 8 heteroatoms. The molecule has 0 aromatic rings. The van der Waals surface area contributed by atoms with E-state index in [1.165, 1.54) is 7.11 Å². The SMILES string of the molecule is CCN(CC(=O)OC)C(=O)NC(=O)CC(C)(C)CC(=O)O. The Morgan fingerprint density at radius 2 is 1.76 bits per heavy atom. The van der Waals surface area contributed by atoms with Gasteiger partial charge in [-0.05, 0) is 12.3 Å². The van der Waals surface area contributed by atoms with E-state index in [4.69, 9.17) is 5.11 Å². The monoisotopic (exact) mass is 302 g/mol. The number of imide groups is 1. The number of carboxylic acids is 1. The number of nitrogens with one attached hydrogen (secondary N) is 1. The number of carbonyl (C=O) groups excluding carboxylic acids is 3. The van der Waals surface area contributed by atoms with E-state index in [-0.39, 0.29) is 25.9 Å². The van der Waals surface area contributed by atoms with E-state index in [1.54, 1.807) is 20.8 Å². The fourth-order valence-corrected chi connectivity index (χ4v) is 1.70. The summed E-state index contributed by atoms with van der Waals surface area (Å²) in [5.74, 6) is -2.19. The summed E-state index contributed by atoms with van der Waals surface area (Å²) in [7, 11) is 1.20. The molecule has 2 N–H and O–H groups in total. The van der Waals surface area contributed by atoms with Gasteiger partial charge in [-0.3, -0.25) is 19.7 Å². The molecule has 0 bridgehead atoms. The number of amides is 3. The maximum atomic E-state index is 11.8. The molecule has 120 valence electrons. The van der Waals surface area contributed by atoms with Crippen LogP contribution < -0.4 is 5.32 Å². The third-order valence-electron chi connectivity index (χ3n) is 2.73. The first-order chi connectivity index (χ1) is 9.61. The quantitative estimate of drug-likeness (QED) is 0.666. The number of hydrogen-bond donors (Lipinski definition) is 2. The van der Waals surface area contributed by atoms with Crippen molar-refractivity contribution < 1.29 is 29.0 Å². The molecule has 0 aliphatic heterocycles. The fourth-order valence-electron chi connectivity index (χ4n) is 1.70. The van der Waals surface area contributed by atoms with Gasteiger partial charge in [0.2, 0.25) is 5.91 Å². The minimum Gasteiger partial charge on any atom is -0.481 e. The molecule has 0 unspecified atom stereocenters. The minimum absolute atomic E-state index is 0.110. The number of rotatable bonds is 7. The molecule has 0 aromatic carbocycles. The lowest BCUT2D eigenvalue weighted by molar-refractivity contribution is -0.142. The highest BCUT2D eigenvalue weighted by atomic mass is 16.5. The summed E-state index contributed by atoms with van der Waals surface area (Å²) < 4.78 is 4.45. The van der Waals surface area contributed by atoms with E-state index in [1.807, 2.05) is 0 Å². The number of likely N-dealkylation sites (N-methyl/N-ethyl adjacent to an activating group) is 1. The zero-order valence-electron chi connectivity index (χ0n) is 12.8. The number of ether oxygens (including phenoxy) is 1. The van der Waals surface area contributed by atoms with Gasteiger partial charge in [-0.25, -0.2) is 4.79 Å².